The van der Waals surface area contributed by atoms with Crippen LogP contribution in [-0.2, 0) is 17.1 Å². The number of likely N-dealkylation sites (tertiary alicyclic amines) is 1. The Hall–Kier alpha value is -5.23. The van der Waals surface area contributed by atoms with E-state index in [0.29, 0.717) is 37.3 Å². The molecule has 12 heteroatoms. The van der Waals surface area contributed by atoms with Crippen LogP contribution in [0, 0.1) is 26.2 Å². The number of piperidine rings is 1. The molecule has 0 saturated carbocycles. The van der Waals surface area contributed by atoms with E-state index in [2.05, 4.69) is 20.0 Å². The SMILES string of the molecule is Cc1cccc(C)c1-c1cc2nc(n1)NS(=O)(=O)c1cccc(c1)C(=O)NCC1(CCN(C(=O)c3c(C)c4ccccc4n3C)CC1)CO2. The molecule has 4 heterocycles. The van der Waals surface area contributed by atoms with E-state index in [9.17, 15) is 18.0 Å². The molecule has 2 aliphatic rings. The van der Waals surface area contributed by atoms with Crippen molar-refractivity contribution in [2.45, 2.75) is 38.5 Å². The highest BCUT2D eigenvalue weighted by Crippen LogP contribution is 2.35. The highest BCUT2D eigenvalue weighted by molar-refractivity contribution is 7.92. The van der Waals surface area contributed by atoms with Crippen molar-refractivity contribution in [3.8, 4) is 17.1 Å². The Labute approximate surface area is 285 Å². The molecule has 5 aromatic rings. The Morgan fingerprint density at radius 3 is 2.37 bits per heavy atom. The molecular weight excluding hydrogens is 641 g/mol. The molecule has 2 amide bonds. The smallest absolute Gasteiger partial charge is 0.270 e. The Morgan fingerprint density at radius 1 is 0.918 bits per heavy atom. The van der Waals surface area contributed by atoms with Crippen LogP contribution in [0.3, 0.4) is 0 Å². The number of benzene rings is 3. The lowest BCUT2D eigenvalue weighted by molar-refractivity contribution is 0.0389. The van der Waals surface area contributed by atoms with E-state index in [1.807, 2.05) is 79.8 Å². The number of sulfonamides is 1. The average molecular weight is 679 g/mol. The number of aromatic nitrogens is 3. The molecule has 1 saturated heterocycles. The number of rotatable bonds is 2. The van der Waals surface area contributed by atoms with Gasteiger partial charge < -0.3 is 19.5 Å². The minimum atomic E-state index is -4.14. The number of hydrogen-bond donors (Lipinski definition) is 2. The Balaban J connectivity index is 1.23. The fraction of sp³-hybridized carbons (Fsp3) is 0.297. The third-order valence-electron chi connectivity index (χ3n) is 9.90. The molecule has 1 fully saturated rings. The summed E-state index contributed by atoms with van der Waals surface area (Å²) in [7, 11) is -2.22. The van der Waals surface area contributed by atoms with Gasteiger partial charge in [-0.05, 0) is 74.6 Å². The molecule has 0 atom stereocenters. The Kier molecular flexibility index (Phi) is 8.14. The number of amides is 2. The van der Waals surface area contributed by atoms with Crippen molar-refractivity contribution in [3.63, 3.8) is 0 Å². The molecular formula is C37H38N6O5S. The first-order valence-electron chi connectivity index (χ1n) is 16.3. The lowest BCUT2D eigenvalue weighted by Gasteiger charge is -2.41. The highest BCUT2D eigenvalue weighted by atomic mass is 32.2. The van der Waals surface area contributed by atoms with Crippen LogP contribution in [0.5, 0.6) is 5.88 Å². The highest BCUT2D eigenvalue weighted by Gasteiger charge is 2.39. The van der Waals surface area contributed by atoms with Crippen molar-refractivity contribution in [2.75, 3.05) is 31.0 Å². The minimum absolute atomic E-state index is 0.0281. The van der Waals surface area contributed by atoms with Crippen LogP contribution in [0.4, 0.5) is 5.95 Å². The van der Waals surface area contributed by atoms with E-state index in [4.69, 9.17) is 4.74 Å². The quantitative estimate of drug-likeness (QED) is 0.255. The average Bonchev–Trinajstić information content (AvgIpc) is 3.34. The van der Waals surface area contributed by atoms with E-state index in [-0.39, 0.29) is 41.3 Å². The number of anilines is 1. The summed E-state index contributed by atoms with van der Waals surface area (Å²) in [5.74, 6) is -0.363. The maximum Gasteiger partial charge on any atom is 0.270 e. The van der Waals surface area contributed by atoms with Crippen molar-refractivity contribution in [2.24, 2.45) is 12.5 Å². The number of para-hydroxylation sites is 1. The van der Waals surface area contributed by atoms with Gasteiger partial charge in [-0.25, -0.2) is 18.1 Å². The summed E-state index contributed by atoms with van der Waals surface area (Å²) in [5, 5.41) is 4.08. The second-order valence-electron chi connectivity index (χ2n) is 13.1. The van der Waals surface area contributed by atoms with E-state index >= 15 is 0 Å². The second-order valence-corrected chi connectivity index (χ2v) is 14.8. The number of fused-ring (bicyclic) bond motifs is 5. The van der Waals surface area contributed by atoms with Gasteiger partial charge in [0.25, 0.3) is 21.8 Å². The summed E-state index contributed by atoms with van der Waals surface area (Å²) in [5.41, 5.74) is 5.62. The number of nitrogens with zero attached hydrogens (tertiary/aromatic N) is 4. The number of nitrogens with one attached hydrogen (secondary N) is 2. The van der Waals surface area contributed by atoms with Crippen molar-refractivity contribution in [1.82, 2.24) is 24.8 Å². The Morgan fingerprint density at radius 2 is 1.63 bits per heavy atom. The van der Waals surface area contributed by atoms with E-state index in [1.165, 1.54) is 18.2 Å². The van der Waals surface area contributed by atoms with Gasteiger partial charge in [0, 0.05) is 60.2 Å². The lowest BCUT2D eigenvalue weighted by atomic mass is 9.78. The largest absolute Gasteiger partial charge is 0.477 e. The summed E-state index contributed by atoms with van der Waals surface area (Å²) in [6, 6.07) is 21.5. The molecule has 11 nitrogen and oxygen atoms in total. The summed E-state index contributed by atoms with van der Waals surface area (Å²) in [4.78, 5) is 38.2. The normalized spacial score (nSPS) is 17.1. The number of aryl methyl sites for hydroxylation is 4. The third kappa shape index (κ3) is 6.01. The van der Waals surface area contributed by atoms with Crippen LogP contribution in [0.25, 0.3) is 22.2 Å². The van der Waals surface area contributed by atoms with Gasteiger partial charge in [0.1, 0.15) is 5.69 Å². The van der Waals surface area contributed by atoms with Crippen LogP contribution < -0.4 is 14.8 Å². The van der Waals surface area contributed by atoms with Crippen molar-refractivity contribution in [1.29, 1.82) is 0 Å². The Bertz CT molecular complexity index is 2180. The standard InChI is InChI=1S/C37H38N6O5S/c1-23-9-7-10-24(2)32(23)29-20-31-40-36(39-29)41-49(46,47)27-12-8-11-26(19-27)34(44)38-21-37(22-48-31)15-17-43(18-16-37)35(45)33-25(3)28-13-5-6-14-30(28)42(33)4/h5-14,19-20H,15-18,21-22H2,1-4H3,(H,38,44)(H,39,40,41). The zero-order valence-electron chi connectivity index (χ0n) is 27.9. The van der Waals surface area contributed by atoms with Gasteiger partial charge >= 0.3 is 0 Å². The fourth-order valence-electron chi connectivity index (χ4n) is 7.06. The van der Waals surface area contributed by atoms with Crippen molar-refractivity contribution < 1.29 is 22.7 Å². The first-order chi connectivity index (χ1) is 23.4. The lowest BCUT2D eigenvalue weighted by Crippen LogP contribution is -2.50. The van der Waals surface area contributed by atoms with Crippen molar-refractivity contribution in [3.05, 3.63) is 101 Å². The van der Waals surface area contributed by atoms with Crippen LogP contribution >= 0.6 is 0 Å². The molecule has 0 radical (unpaired) electrons. The van der Waals surface area contributed by atoms with Crippen LogP contribution in [0.2, 0.25) is 0 Å². The van der Waals surface area contributed by atoms with Crippen molar-refractivity contribution >= 4 is 38.7 Å². The first kappa shape index (κ1) is 32.3. The number of carbonyl (C=O) groups excluding carboxylic acids is 2. The van der Waals surface area contributed by atoms with Crippen LogP contribution in [0.1, 0.15) is 50.4 Å². The maximum atomic E-state index is 13.9. The third-order valence-corrected chi connectivity index (χ3v) is 11.2. The molecule has 2 aromatic heterocycles. The zero-order chi connectivity index (χ0) is 34.5. The van der Waals surface area contributed by atoms with E-state index < -0.39 is 21.3 Å². The maximum absolute atomic E-state index is 13.9. The second kappa shape index (κ2) is 12.3. The molecule has 0 aliphatic carbocycles. The molecule has 1 spiro atoms. The monoisotopic (exact) mass is 678 g/mol. The molecule has 3 aromatic carbocycles. The summed E-state index contributed by atoms with van der Waals surface area (Å²) in [6.07, 6.45) is 1.13. The molecule has 4 bridgehead atoms. The predicted octanol–water partition coefficient (Wildman–Crippen LogP) is 5.41. The molecule has 49 heavy (non-hydrogen) atoms. The van der Waals surface area contributed by atoms with Gasteiger partial charge in [-0.3, -0.25) is 9.59 Å². The molecule has 2 N–H and O–H groups in total. The van der Waals surface area contributed by atoms with Gasteiger partial charge in [0.2, 0.25) is 11.8 Å². The summed E-state index contributed by atoms with van der Waals surface area (Å²) < 4.78 is 37.8. The zero-order valence-corrected chi connectivity index (χ0v) is 28.7. The molecule has 252 valence electrons. The predicted molar refractivity (Wildman–Crippen MR) is 187 cm³/mol. The van der Waals surface area contributed by atoms with Gasteiger partial charge in [-0.1, -0.05) is 42.5 Å². The number of ether oxygens (including phenoxy) is 1. The number of hydrogen-bond acceptors (Lipinski definition) is 7. The van der Waals surface area contributed by atoms with Gasteiger partial charge in [0.05, 0.1) is 17.2 Å². The van der Waals surface area contributed by atoms with E-state index in [0.717, 1.165) is 33.2 Å². The molecule has 0 unspecified atom stereocenters. The topological polar surface area (TPSA) is 136 Å². The van der Waals surface area contributed by atoms with Crippen LogP contribution in [0.15, 0.2) is 77.7 Å². The summed E-state index contributed by atoms with van der Waals surface area (Å²) >= 11 is 0. The van der Waals surface area contributed by atoms with Crippen LogP contribution in [-0.4, -0.2) is 65.9 Å². The molecule has 7 rings (SSSR count). The fourth-order valence-corrected chi connectivity index (χ4v) is 8.05. The van der Waals surface area contributed by atoms with Gasteiger partial charge in [-0.15, -0.1) is 0 Å². The first-order valence-corrected chi connectivity index (χ1v) is 17.8. The summed E-state index contributed by atoms with van der Waals surface area (Å²) in [6.45, 7) is 7.31. The van der Waals surface area contributed by atoms with E-state index in [1.54, 1.807) is 12.1 Å². The molecule has 2 aliphatic heterocycles. The minimum Gasteiger partial charge on any atom is -0.477 e. The van der Waals surface area contributed by atoms with Gasteiger partial charge in [-0.2, -0.15) is 4.98 Å². The number of carbonyl (C=O) groups is 2. The van der Waals surface area contributed by atoms with Gasteiger partial charge in [0.15, 0.2) is 0 Å².